The Balaban J connectivity index is 2.11. The Labute approximate surface area is 147 Å². The van der Waals surface area contributed by atoms with Gasteiger partial charge < -0.3 is 0 Å². The third-order valence-corrected chi connectivity index (χ3v) is 5.66. The third-order valence-electron chi connectivity index (χ3n) is 4.96. The van der Waals surface area contributed by atoms with Crippen LogP contribution in [0.4, 0.5) is 0 Å². The fraction of sp³-hybridized carbons (Fsp3) is 0.450. The van der Waals surface area contributed by atoms with Crippen LogP contribution in [-0.2, 0) is 4.79 Å². The largest absolute Gasteiger partial charge is 0.299 e. The number of hydrogen-bond acceptors (Lipinski definition) is 4. The Morgan fingerprint density at radius 1 is 1.21 bits per heavy atom. The summed E-state index contributed by atoms with van der Waals surface area (Å²) in [6.07, 6.45) is 4.27. The van der Waals surface area contributed by atoms with E-state index in [4.69, 9.17) is 0 Å². The first kappa shape index (κ1) is 17.0. The van der Waals surface area contributed by atoms with Gasteiger partial charge in [0, 0.05) is 18.1 Å². The maximum absolute atomic E-state index is 12.6. The first-order chi connectivity index (χ1) is 11.6. The van der Waals surface area contributed by atoms with Gasteiger partial charge in [-0.3, -0.25) is 4.79 Å². The van der Waals surface area contributed by atoms with E-state index in [1.807, 2.05) is 6.26 Å². The van der Waals surface area contributed by atoms with Gasteiger partial charge in [0.15, 0.2) is 0 Å². The molecule has 0 aromatic heterocycles. The standard InChI is InChI=1S/C20H22N2OS/c1-12(2)13-7-9-14(10-8-13)18-15(11-21)20(24-3)22-16-5-4-6-17(23)19(16)18/h7-10,12,18-19H,4-6H2,1-3H3/t18-,19-/m1/s1. The molecule has 3 nitrogen and oxygen atoms in total. The Morgan fingerprint density at radius 3 is 2.50 bits per heavy atom. The Bertz CT molecular complexity index is 753. The minimum atomic E-state index is -0.255. The number of nitriles is 1. The molecule has 1 fully saturated rings. The predicted octanol–water partition coefficient (Wildman–Crippen LogP) is 4.82. The van der Waals surface area contributed by atoms with Crippen molar-refractivity contribution in [3.8, 4) is 6.07 Å². The van der Waals surface area contributed by atoms with Gasteiger partial charge in [-0.25, -0.2) is 4.99 Å². The lowest BCUT2D eigenvalue weighted by Crippen LogP contribution is -2.37. The lowest BCUT2D eigenvalue weighted by Gasteiger charge is -2.34. The maximum atomic E-state index is 12.6. The zero-order valence-electron chi connectivity index (χ0n) is 14.4. The van der Waals surface area contributed by atoms with Crippen LogP contribution in [0.3, 0.4) is 0 Å². The zero-order valence-corrected chi connectivity index (χ0v) is 15.2. The molecule has 0 radical (unpaired) electrons. The molecule has 2 atom stereocenters. The van der Waals surface area contributed by atoms with Crippen molar-refractivity contribution in [2.24, 2.45) is 10.9 Å². The molecule has 124 valence electrons. The Kier molecular flexibility index (Phi) is 4.91. The van der Waals surface area contributed by atoms with Crippen molar-refractivity contribution in [2.45, 2.75) is 44.9 Å². The van der Waals surface area contributed by atoms with E-state index in [0.717, 1.165) is 29.1 Å². The van der Waals surface area contributed by atoms with Crippen LogP contribution < -0.4 is 0 Å². The Morgan fingerprint density at radius 2 is 1.92 bits per heavy atom. The fourth-order valence-electron chi connectivity index (χ4n) is 3.65. The number of benzene rings is 1. The molecule has 0 bridgehead atoms. The number of carbonyl (C=O) groups excluding carboxylic acids is 1. The average Bonchev–Trinajstić information content (AvgIpc) is 2.60. The van der Waals surface area contributed by atoms with E-state index in [2.05, 4.69) is 49.2 Å². The highest BCUT2D eigenvalue weighted by Crippen LogP contribution is 2.44. The molecule has 1 aliphatic carbocycles. The fourth-order valence-corrected chi connectivity index (χ4v) is 4.26. The van der Waals surface area contributed by atoms with Crippen LogP contribution in [0.25, 0.3) is 0 Å². The maximum Gasteiger partial charge on any atom is 0.142 e. The van der Waals surface area contributed by atoms with E-state index in [1.54, 1.807) is 0 Å². The van der Waals surface area contributed by atoms with Crippen molar-refractivity contribution in [1.82, 2.24) is 0 Å². The average molecular weight is 338 g/mol. The van der Waals surface area contributed by atoms with Crippen LogP contribution in [0, 0.1) is 17.2 Å². The van der Waals surface area contributed by atoms with Crippen LogP contribution in [0.5, 0.6) is 0 Å². The second-order valence-electron chi connectivity index (χ2n) is 6.73. The van der Waals surface area contributed by atoms with E-state index in [-0.39, 0.29) is 17.6 Å². The van der Waals surface area contributed by atoms with Crippen LogP contribution in [0.2, 0.25) is 0 Å². The lowest BCUT2D eigenvalue weighted by atomic mass is 9.70. The quantitative estimate of drug-likeness (QED) is 0.794. The van der Waals surface area contributed by atoms with Crippen LogP contribution in [0.15, 0.2) is 39.9 Å². The summed E-state index contributed by atoms with van der Waals surface area (Å²) in [6, 6.07) is 10.7. The smallest absolute Gasteiger partial charge is 0.142 e. The van der Waals surface area contributed by atoms with Gasteiger partial charge in [-0.05, 0) is 36.1 Å². The summed E-state index contributed by atoms with van der Waals surface area (Å²) in [6.45, 7) is 4.33. The van der Waals surface area contributed by atoms with E-state index < -0.39 is 0 Å². The van der Waals surface area contributed by atoms with Gasteiger partial charge >= 0.3 is 0 Å². The molecule has 0 unspecified atom stereocenters. The molecular formula is C20H22N2OS. The van der Waals surface area contributed by atoms with E-state index >= 15 is 0 Å². The molecule has 1 saturated carbocycles. The van der Waals surface area contributed by atoms with Gasteiger partial charge in [-0.15, -0.1) is 11.8 Å². The second-order valence-corrected chi connectivity index (χ2v) is 7.53. The van der Waals surface area contributed by atoms with Crippen molar-refractivity contribution in [3.05, 3.63) is 46.0 Å². The second kappa shape index (κ2) is 6.94. The molecule has 2 aliphatic rings. The molecule has 1 heterocycles. The third kappa shape index (κ3) is 2.93. The highest BCUT2D eigenvalue weighted by molar-refractivity contribution is 8.02. The molecule has 0 amide bonds. The summed E-state index contributed by atoms with van der Waals surface area (Å²) in [7, 11) is 0. The summed E-state index contributed by atoms with van der Waals surface area (Å²) in [5.74, 6) is 0.255. The van der Waals surface area contributed by atoms with E-state index in [9.17, 15) is 10.1 Å². The van der Waals surface area contributed by atoms with Gasteiger partial charge in [0.05, 0.1) is 17.6 Å². The molecule has 1 aliphatic heterocycles. The van der Waals surface area contributed by atoms with Crippen LogP contribution >= 0.6 is 11.8 Å². The number of nitrogens with zero attached hydrogens (tertiary/aromatic N) is 2. The number of ketones is 1. The van der Waals surface area contributed by atoms with Crippen molar-refractivity contribution in [3.63, 3.8) is 0 Å². The number of thioether (sulfide) groups is 1. The van der Waals surface area contributed by atoms with Gasteiger partial charge in [0.2, 0.25) is 0 Å². The number of fused-ring (bicyclic) bond motifs is 1. The highest BCUT2D eigenvalue weighted by atomic mass is 32.2. The predicted molar refractivity (Wildman–Crippen MR) is 99.2 cm³/mol. The van der Waals surface area contributed by atoms with Crippen molar-refractivity contribution < 1.29 is 4.79 Å². The van der Waals surface area contributed by atoms with Crippen molar-refractivity contribution in [1.29, 1.82) is 5.26 Å². The number of hydrogen-bond donors (Lipinski definition) is 0. The topological polar surface area (TPSA) is 53.2 Å². The van der Waals surface area contributed by atoms with Gasteiger partial charge in [-0.1, -0.05) is 38.1 Å². The SMILES string of the molecule is CSC1=C(C#N)[C@@H](c2ccc(C(C)C)cc2)[C@H]2C(=O)CCCC2=N1. The molecule has 0 saturated heterocycles. The summed E-state index contributed by atoms with van der Waals surface area (Å²) in [5, 5.41) is 10.5. The lowest BCUT2D eigenvalue weighted by molar-refractivity contribution is -0.121. The summed E-state index contributed by atoms with van der Waals surface area (Å²) >= 11 is 1.50. The van der Waals surface area contributed by atoms with Crippen LogP contribution in [-0.4, -0.2) is 17.8 Å². The Hall–Kier alpha value is -1.86. The molecule has 1 aromatic rings. The minimum absolute atomic E-state index is 0.182. The van der Waals surface area contributed by atoms with Crippen molar-refractivity contribution in [2.75, 3.05) is 6.26 Å². The van der Waals surface area contributed by atoms with E-state index in [1.165, 1.54) is 17.3 Å². The highest BCUT2D eigenvalue weighted by Gasteiger charge is 2.41. The van der Waals surface area contributed by atoms with Crippen molar-refractivity contribution >= 4 is 23.3 Å². The monoisotopic (exact) mass is 338 g/mol. The van der Waals surface area contributed by atoms with Gasteiger partial charge in [0.25, 0.3) is 0 Å². The molecule has 24 heavy (non-hydrogen) atoms. The minimum Gasteiger partial charge on any atom is -0.299 e. The van der Waals surface area contributed by atoms with Gasteiger partial charge in [0.1, 0.15) is 10.8 Å². The zero-order chi connectivity index (χ0) is 17.3. The normalized spacial score (nSPS) is 23.8. The molecule has 1 aromatic carbocycles. The number of allylic oxidation sites excluding steroid dienone is 1. The number of carbonyl (C=O) groups is 1. The van der Waals surface area contributed by atoms with Gasteiger partial charge in [-0.2, -0.15) is 5.26 Å². The van der Waals surface area contributed by atoms with E-state index in [0.29, 0.717) is 17.9 Å². The summed E-state index contributed by atoms with van der Waals surface area (Å²) in [5.41, 5.74) is 3.93. The number of rotatable bonds is 3. The molecule has 4 heteroatoms. The molecule has 3 rings (SSSR count). The number of aliphatic imine (C=N–C) groups is 1. The summed E-state index contributed by atoms with van der Waals surface area (Å²) < 4.78 is 0. The van der Waals surface area contributed by atoms with Crippen LogP contribution in [0.1, 0.15) is 56.1 Å². The summed E-state index contributed by atoms with van der Waals surface area (Å²) in [4.78, 5) is 17.3. The first-order valence-corrected chi connectivity index (χ1v) is 9.67. The molecule has 0 N–H and O–H groups in total. The molecule has 0 spiro atoms. The number of Topliss-reactive ketones (excluding diaryl/α,β-unsaturated/α-hetero) is 1. The first-order valence-electron chi connectivity index (χ1n) is 8.45. The molecular weight excluding hydrogens is 316 g/mol.